The van der Waals surface area contributed by atoms with Crippen molar-refractivity contribution < 1.29 is 0 Å². The van der Waals surface area contributed by atoms with Crippen LogP contribution in [0.4, 0.5) is 0 Å². The van der Waals surface area contributed by atoms with Crippen molar-refractivity contribution in [2.45, 2.75) is 33.7 Å². The van der Waals surface area contributed by atoms with E-state index in [-0.39, 0.29) is 0 Å². The highest BCUT2D eigenvalue weighted by molar-refractivity contribution is 4.80. The second kappa shape index (κ2) is 5.19. The fourth-order valence-corrected chi connectivity index (χ4v) is 0.896. The van der Waals surface area contributed by atoms with Crippen molar-refractivity contribution >= 4 is 0 Å². The summed E-state index contributed by atoms with van der Waals surface area (Å²) in [6.45, 7) is 8.68. The molecule has 0 saturated heterocycles. The van der Waals surface area contributed by atoms with Crippen LogP contribution in [0, 0.1) is 5.92 Å². The van der Waals surface area contributed by atoms with Crippen molar-refractivity contribution in [1.82, 2.24) is 10.4 Å². The lowest BCUT2D eigenvalue weighted by Gasteiger charge is -2.29. The molecule has 0 spiro atoms. The number of rotatable bonds is 4. The predicted molar refractivity (Wildman–Crippen MR) is 50.0 cm³/mol. The fourth-order valence-electron chi connectivity index (χ4n) is 0.896. The van der Waals surface area contributed by atoms with Crippen LogP contribution in [0.15, 0.2) is 12.3 Å². The summed E-state index contributed by atoms with van der Waals surface area (Å²) < 4.78 is 0. The SMILES string of the molecule is C/C=C\N(NC)[C@@H](C)C(C)C. The Hall–Kier alpha value is -0.500. The van der Waals surface area contributed by atoms with Crippen LogP contribution < -0.4 is 5.43 Å². The summed E-state index contributed by atoms with van der Waals surface area (Å²) in [6.07, 6.45) is 4.10. The molecular formula is C9H20N2. The minimum absolute atomic E-state index is 0.538. The average Bonchev–Trinajstić information content (AvgIpc) is 1.98. The van der Waals surface area contributed by atoms with Crippen LogP contribution in [-0.2, 0) is 0 Å². The first-order chi connectivity index (χ1) is 5.13. The standard InChI is InChI=1S/C9H20N2/c1-6-7-11(10-5)9(4)8(2)3/h6-10H,1-5H3/b7-6-/t9-/m0/s1. The molecule has 0 rings (SSSR count). The first-order valence-corrected chi connectivity index (χ1v) is 4.22. The maximum Gasteiger partial charge on any atom is 0.0442 e. The zero-order valence-electron chi connectivity index (χ0n) is 8.26. The summed E-state index contributed by atoms with van der Waals surface area (Å²) in [5.74, 6) is 0.665. The number of hydrogen-bond donors (Lipinski definition) is 1. The molecule has 0 unspecified atom stereocenters. The van der Waals surface area contributed by atoms with Crippen molar-refractivity contribution in [1.29, 1.82) is 0 Å². The van der Waals surface area contributed by atoms with E-state index in [9.17, 15) is 0 Å². The highest BCUT2D eigenvalue weighted by atomic mass is 15.5. The smallest absolute Gasteiger partial charge is 0.0442 e. The van der Waals surface area contributed by atoms with Crippen molar-refractivity contribution in [2.75, 3.05) is 7.05 Å². The van der Waals surface area contributed by atoms with Gasteiger partial charge >= 0.3 is 0 Å². The van der Waals surface area contributed by atoms with E-state index in [4.69, 9.17) is 0 Å². The lowest BCUT2D eigenvalue weighted by atomic mass is 10.1. The maximum absolute atomic E-state index is 3.13. The van der Waals surface area contributed by atoms with Crippen LogP contribution in [0.3, 0.4) is 0 Å². The Bertz CT molecular complexity index is 119. The number of hydrogen-bond acceptors (Lipinski definition) is 2. The van der Waals surface area contributed by atoms with Crippen molar-refractivity contribution in [3.8, 4) is 0 Å². The molecule has 0 aliphatic heterocycles. The monoisotopic (exact) mass is 156 g/mol. The molecule has 0 radical (unpaired) electrons. The Morgan fingerprint density at radius 2 is 1.82 bits per heavy atom. The summed E-state index contributed by atoms with van der Waals surface area (Å²) in [6, 6.07) is 0.538. The first kappa shape index (κ1) is 10.5. The highest BCUT2D eigenvalue weighted by Crippen LogP contribution is 2.07. The van der Waals surface area contributed by atoms with E-state index in [0.29, 0.717) is 12.0 Å². The average molecular weight is 156 g/mol. The molecule has 66 valence electrons. The number of nitrogens with one attached hydrogen (secondary N) is 1. The quantitative estimate of drug-likeness (QED) is 0.626. The van der Waals surface area contributed by atoms with Crippen LogP contribution in [0.1, 0.15) is 27.7 Å². The molecule has 2 heteroatoms. The molecular weight excluding hydrogens is 136 g/mol. The Labute approximate surface area is 70.2 Å². The summed E-state index contributed by atoms with van der Waals surface area (Å²) in [7, 11) is 1.94. The predicted octanol–water partition coefficient (Wildman–Crippen LogP) is 2.00. The van der Waals surface area contributed by atoms with E-state index < -0.39 is 0 Å². The van der Waals surface area contributed by atoms with Crippen LogP contribution >= 0.6 is 0 Å². The van der Waals surface area contributed by atoms with Crippen LogP contribution in [0.5, 0.6) is 0 Å². The Balaban J connectivity index is 4.02. The minimum atomic E-state index is 0.538. The molecule has 2 nitrogen and oxygen atoms in total. The van der Waals surface area contributed by atoms with E-state index in [0.717, 1.165) is 0 Å². The van der Waals surface area contributed by atoms with Crippen LogP contribution in [0.25, 0.3) is 0 Å². The van der Waals surface area contributed by atoms with Gasteiger partial charge in [-0.1, -0.05) is 19.9 Å². The van der Waals surface area contributed by atoms with Gasteiger partial charge in [0.1, 0.15) is 0 Å². The second-order valence-corrected chi connectivity index (χ2v) is 3.10. The molecule has 0 aliphatic carbocycles. The zero-order valence-corrected chi connectivity index (χ0v) is 8.26. The third-order valence-corrected chi connectivity index (χ3v) is 1.97. The third-order valence-electron chi connectivity index (χ3n) is 1.97. The Morgan fingerprint density at radius 1 is 1.27 bits per heavy atom. The molecule has 0 aromatic carbocycles. The van der Waals surface area contributed by atoms with Gasteiger partial charge in [0.05, 0.1) is 0 Å². The molecule has 0 aromatic heterocycles. The number of allylic oxidation sites excluding steroid dienone is 1. The molecule has 1 atom stereocenters. The van der Waals surface area contributed by atoms with Gasteiger partial charge in [0, 0.05) is 19.3 Å². The largest absolute Gasteiger partial charge is 0.313 e. The maximum atomic E-state index is 3.13. The Kier molecular flexibility index (Phi) is 4.95. The molecule has 0 saturated carbocycles. The van der Waals surface area contributed by atoms with Gasteiger partial charge in [-0.3, -0.25) is 0 Å². The van der Waals surface area contributed by atoms with Crippen molar-refractivity contribution in [3.05, 3.63) is 12.3 Å². The Morgan fingerprint density at radius 3 is 2.09 bits per heavy atom. The lowest BCUT2D eigenvalue weighted by Crippen LogP contribution is -2.40. The van der Waals surface area contributed by atoms with Crippen LogP contribution in [-0.4, -0.2) is 18.1 Å². The zero-order chi connectivity index (χ0) is 8.85. The molecule has 0 heterocycles. The van der Waals surface area contributed by atoms with E-state index in [1.54, 1.807) is 0 Å². The van der Waals surface area contributed by atoms with Gasteiger partial charge in [0.2, 0.25) is 0 Å². The van der Waals surface area contributed by atoms with Gasteiger partial charge in [-0.05, 0) is 19.8 Å². The lowest BCUT2D eigenvalue weighted by molar-refractivity contribution is 0.184. The van der Waals surface area contributed by atoms with Gasteiger partial charge < -0.3 is 5.01 Å². The topological polar surface area (TPSA) is 15.3 Å². The van der Waals surface area contributed by atoms with Gasteiger partial charge in [0.25, 0.3) is 0 Å². The van der Waals surface area contributed by atoms with Crippen LogP contribution in [0.2, 0.25) is 0 Å². The first-order valence-electron chi connectivity index (χ1n) is 4.22. The van der Waals surface area contributed by atoms with E-state index in [2.05, 4.69) is 37.4 Å². The minimum Gasteiger partial charge on any atom is -0.313 e. The second-order valence-electron chi connectivity index (χ2n) is 3.10. The molecule has 0 aliphatic rings. The summed E-state index contributed by atoms with van der Waals surface area (Å²) in [5, 5.41) is 2.12. The van der Waals surface area contributed by atoms with E-state index in [1.807, 2.05) is 20.0 Å². The number of nitrogens with zero attached hydrogens (tertiary/aromatic N) is 1. The third kappa shape index (κ3) is 3.42. The summed E-state index contributed by atoms with van der Waals surface area (Å²) in [5.41, 5.74) is 3.13. The molecule has 11 heavy (non-hydrogen) atoms. The van der Waals surface area contributed by atoms with Crippen molar-refractivity contribution in [3.63, 3.8) is 0 Å². The summed E-state index contributed by atoms with van der Waals surface area (Å²) >= 11 is 0. The molecule has 0 fully saturated rings. The molecule has 1 N–H and O–H groups in total. The molecule has 0 amide bonds. The van der Waals surface area contributed by atoms with Gasteiger partial charge in [0.15, 0.2) is 0 Å². The summed E-state index contributed by atoms with van der Waals surface area (Å²) in [4.78, 5) is 0. The van der Waals surface area contributed by atoms with Gasteiger partial charge in [-0.15, -0.1) is 0 Å². The molecule has 0 bridgehead atoms. The van der Waals surface area contributed by atoms with E-state index >= 15 is 0 Å². The van der Waals surface area contributed by atoms with Crippen molar-refractivity contribution in [2.24, 2.45) is 5.92 Å². The molecule has 0 aromatic rings. The fraction of sp³-hybridized carbons (Fsp3) is 0.778. The number of hydrazine groups is 1. The van der Waals surface area contributed by atoms with Gasteiger partial charge in [-0.2, -0.15) is 0 Å². The van der Waals surface area contributed by atoms with E-state index in [1.165, 1.54) is 0 Å². The highest BCUT2D eigenvalue weighted by Gasteiger charge is 2.11. The normalized spacial score (nSPS) is 14.4. The van der Waals surface area contributed by atoms with Gasteiger partial charge in [-0.25, -0.2) is 5.43 Å².